The summed E-state index contributed by atoms with van der Waals surface area (Å²) in [4.78, 5) is 28.0. The van der Waals surface area contributed by atoms with E-state index in [1.807, 2.05) is 24.3 Å². The van der Waals surface area contributed by atoms with E-state index in [1.54, 1.807) is 24.1 Å². The van der Waals surface area contributed by atoms with Gasteiger partial charge in [-0.05, 0) is 65.6 Å². The maximum Gasteiger partial charge on any atom is 0.416 e. The van der Waals surface area contributed by atoms with Gasteiger partial charge in [0.05, 0.1) is 24.1 Å². The van der Waals surface area contributed by atoms with Crippen molar-refractivity contribution in [2.45, 2.75) is 25.6 Å². The number of aromatic nitrogens is 3. The molecule has 6 nitrogen and oxygen atoms in total. The molecule has 2 aromatic heterocycles. The van der Waals surface area contributed by atoms with Crippen LogP contribution in [0.4, 0.5) is 17.6 Å². The summed E-state index contributed by atoms with van der Waals surface area (Å²) in [6.07, 6.45) is -1.31. The number of hydrogen-bond donors (Lipinski definition) is 0. The minimum absolute atomic E-state index is 0.0278. The number of rotatable bonds is 6. The minimum atomic E-state index is -4.66. The molecule has 38 heavy (non-hydrogen) atoms. The third-order valence-electron chi connectivity index (χ3n) is 6.37. The number of amides is 1. The molecule has 0 saturated heterocycles. The number of nitrogens with zero attached hydrogens (tertiary/aromatic N) is 4. The molecule has 4 aromatic rings. The fourth-order valence-corrected chi connectivity index (χ4v) is 4.54. The Hall–Kier alpha value is -4.34. The van der Waals surface area contributed by atoms with Crippen LogP contribution < -0.4 is 4.74 Å². The highest BCUT2D eigenvalue weighted by atomic mass is 19.4. The number of carbonyl (C=O) groups is 1. The molecule has 0 aliphatic carbocycles. The predicted molar refractivity (Wildman–Crippen MR) is 131 cm³/mol. The highest BCUT2D eigenvalue weighted by molar-refractivity contribution is 5.98. The molecule has 1 aliphatic heterocycles. The molecular formula is C28H22F4N4O2. The molecule has 194 valence electrons. The number of halogens is 4. The maximum atomic E-state index is 13.8. The van der Waals surface area contributed by atoms with Gasteiger partial charge >= 0.3 is 6.18 Å². The first kappa shape index (κ1) is 25.3. The van der Waals surface area contributed by atoms with Gasteiger partial charge in [0.15, 0.2) is 0 Å². The van der Waals surface area contributed by atoms with E-state index in [4.69, 9.17) is 4.74 Å². The Labute approximate surface area is 216 Å². The molecular weight excluding hydrogens is 500 g/mol. The van der Waals surface area contributed by atoms with Crippen LogP contribution in [0.15, 0.2) is 67.1 Å². The zero-order chi connectivity index (χ0) is 26.9. The Kier molecular flexibility index (Phi) is 6.79. The molecule has 0 bridgehead atoms. The topological polar surface area (TPSA) is 68.2 Å². The van der Waals surface area contributed by atoms with Crippen LogP contribution >= 0.6 is 0 Å². The van der Waals surface area contributed by atoms with Gasteiger partial charge in [0.2, 0.25) is 0 Å². The number of carbonyl (C=O) groups excluding carboxylic acids is 1. The molecule has 2 aromatic carbocycles. The standard InChI is InChI=1S/C28H22F4N4O2/c1-38-22-4-2-17(3-5-22)15-36-9-7-23-24(27(36)37)6-8-33-26(23)25-14-21(34-16-35-25)12-18-10-19(28(30,31)32)13-20(29)11-18/h2-6,8,10-11,13-14,16H,7,9,12,15H2,1H3. The van der Waals surface area contributed by atoms with Crippen LogP contribution in [0.5, 0.6) is 5.75 Å². The Bertz CT molecular complexity index is 1490. The lowest BCUT2D eigenvalue weighted by Gasteiger charge is -2.29. The molecule has 0 N–H and O–H groups in total. The maximum absolute atomic E-state index is 13.8. The summed E-state index contributed by atoms with van der Waals surface area (Å²) < 4.78 is 58.4. The third-order valence-corrected chi connectivity index (χ3v) is 6.37. The number of ether oxygens (including phenoxy) is 1. The average molecular weight is 523 g/mol. The summed E-state index contributed by atoms with van der Waals surface area (Å²) in [5.41, 5.74) is 2.68. The van der Waals surface area contributed by atoms with E-state index in [0.29, 0.717) is 48.2 Å². The van der Waals surface area contributed by atoms with Gasteiger partial charge in [0, 0.05) is 37.0 Å². The van der Waals surface area contributed by atoms with Gasteiger partial charge in [-0.25, -0.2) is 14.4 Å². The van der Waals surface area contributed by atoms with Crippen LogP contribution in [0, 0.1) is 5.82 Å². The Balaban J connectivity index is 1.39. The molecule has 5 rings (SSSR count). The number of fused-ring (bicyclic) bond motifs is 1. The van der Waals surface area contributed by atoms with Crippen molar-refractivity contribution >= 4 is 5.91 Å². The number of methoxy groups -OCH3 is 1. The number of pyridine rings is 1. The van der Waals surface area contributed by atoms with Gasteiger partial charge in [0.25, 0.3) is 5.91 Å². The summed E-state index contributed by atoms with van der Waals surface area (Å²) in [6.45, 7) is 0.934. The molecule has 0 fully saturated rings. The van der Waals surface area contributed by atoms with Crippen LogP contribution in [-0.4, -0.2) is 39.4 Å². The highest BCUT2D eigenvalue weighted by Crippen LogP contribution is 2.32. The van der Waals surface area contributed by atoms with Crippen molar-refractivity contribution in [3.63, 3.8) is 0 Å². The second kappa shape index (κ2) is 10.2. The monoisotopic (exact) mass is 522 g/mol. The van der Waals surface area contributed by atoms with Crippen LogP contribution in [0.25, 0.3) is 11.4 Å². The lowest BCUT2D eigenvalue weighted by Crippen LogP contribution is -2.37. The fourth-order valence-electron chi connectivity index (χ4n) is 4.54. The van der Waals surface area contributed by atoms with Gasteiger partial charge in [-0.15, -0.1) is 0 Å². The molecule has 0 radical (unpaired) electrons. The summed E-state index contributed by atoms with van der Waals surface area (Å²) >= 11 is 0. The van der Waals surface area contributed by atoms with Crippen molar-refractivity contribution in [2.24, 2.45) is 0 Å². The van der Waals surface area contributed by atoms with Crippen molar-refractivity contribution in [2.75, 3.05) is 13.7 Å². The lowest BCUT2D eigenvalue weighted by molar-refractivity contribution is -0.137. The first-order chi connectivity index (χ1) is 18.2. The van der Waals surface area contributed by atoms with E-state index in [1.165, 1.54) is 12.5 Å². The van der Waals surface area contributed by atoms with E-state index in [0.717, 1.165) is 29.0 Å². The molecule has 1 amide bonds. The smallest absolute Gasteiger partial charge is 0.416 e. The average Bonchev–Trinajstić information content (AvgIpc) is 2.90. The van der Waals surface area contributed by atoms with Gasteiger partial charge in [-0.3, -0.25) is 9.78 Å². The number of benzene rings is 2. The van der Waals surface area contributed by atoms with Crippen molar-refractivity contribution in [1.29, 1.82) is 0 Å². The molecule has 0 spiro atoms. The highest BCUT2D eigenvalue weighted by Gasteiger charge is 2.31. The Morgan fingerprint density at radius 2 is 1.76 bits per heavy atom. The van der Waals surface area contributed by atoms with Gasteiger partial charge in [-0.1, -0.05) is 12.1 Å². The van der Waals surface area contributed by atoms with Crippen molar-refractivity contribution in [3.8, 4) is 17.1 Å². The van der Waals surface area contributed by atoms with E-state index < -0.39 is 17.6 Å². The number of hydrogen-bond acceptors (Lipinski definition) is 5. The zero-order valence-corrected chi connectivity index (χ0v) is 20.3. The Morgan fingerprint density at radius 3 is 2.50 bits per heavy atom. The van der Waals surface area contributed by atoms with E-state index >= 15 is 0 Å². The third kappa shape index (κ3) is 5.34. The second-order valence-corrected chi connectivity index (χ2v) is 8.93. The molecule has 3 heterocycles. The molecule has 10 heteroatoms. The minimum Gasteiger partial charge on any atom is -0.497 e. The molecule has 1 aliphatic rings. The van der Waals surface area contributed by atoms with E-state index in [-0.39, 0.29) is 17.9 Å². The summed E-state index contributed by atoms with van der Waals surface area (Å²) in [7, 11) is 1.59. The van der Waals surface area contributed by atoms with Gasteiger partial charge in [0.1, 0.15) is 17.9 Å². The Morgan fingerprint density at radius 1 is 0.974 bits per heavy atom. The van der Waals surface area contributed by atoms with Crippen molar-refractivity contribution in [1.82, 2.24) is 19.9 Å². The molecule has 0 atom stereocenters. The van der Waals surface area contributed by atoms with Crippen LogP contribution in [0.2, 0.25) is 0 Å². The molecule has 0 unspecified atom stereocenters. The normalized spacial score (nSPS) is 13.4. The fraction of sp³-hybridized carbons (Fsp3) is 0.214. The van der Waals surface area contributed by atoms with Gasteiger partial charge < -0.3 is 9.64 Å². The largest absolute Gasteiger partial charge is 0.497 e. The summed E-state index contributed by atoms with van der Waals surface area (Å²) in [6, 6.07) is 13.2. The van der Waals surface area contributed by atoms with Gasteiger partial charge in [-0.2, -0.15) is 13.2 Å². The first-order valence-corrected chi connectivity index (χ1v) is 11.8. The zero-order valence-electron chi connectivity index (χ0n) is 20.3. The quantitative estimate of drug-likeness (QED) is 0.313. The van der Waals surface area contributed by atoms with E-state index in [2.05, 4.69) is 15.0 Å². The lowest BCUT2D eigenvalue weighted by atomic mass is 9.95. The SMILES string of the molecule is COc1ccc(CN2CCc3c(ccnc3-c3cc(Cc4cc(F)cc(C(F)(F)F)c4)ncn3)C2=O)cc1. The second-order valence-electron chi connectivity index (χ2n) is 8.93. The first-order valence-electron chi connectivity index (χ1n) is 11.8. The number of alkyl halides is 3. The van der Waals surface area contributed by atoms with Crippen molar-refractivity contribution < 1.29 is 27.1 Å². The van der Waals surface area contributed by atoms with Crippen LogP contribution in [0.1, 0.15) is 38.3 Å². The van der Waals surface area contributed by atoms with Crippen LogP contribution in [0.3, 0.4) is 0 Å². The van der Waals surface area contributed by atoms with Crippen molar-refractivity contribution in [3.05, 3.63) is 106 Å². The van der Waals surface area contributed by atoms with Crippen LogP contribution in [-0.2, 0) is 25.6 Å². The van der Waals surface area contributed by atoms with E-state index in [9.17, 15) is 22.4 Å². The predicted octanol–water partition coefficient (Wildman–Crippen LogP) is 5.49. The molecule has 0 saturated carbocycles. The summed E-state index contributed by atoms with van der Waals surface area (Å²) in [5.74, 6) is -0.359. The summed E-state index contributed by atoms with van der Waals surface area (Å²) in [5, 5.41) is 0.